The van der Waals surface area contributed by atoms with Crippen molar-refractivity contribution >= 4 is 22.8 Å². The van der Waals surface area contributed by atoms with Crippen LogP contribution in [0.5, 0.6) is 0 Å². The number of rotatable bonds is 43. The van der Waals surface area contributed by atoms with Crippen molar-refractivity contribution in [2.45, 2.75) is 285 Å². The van der Waals surface area contributed by atoms with Crippen LogP contribution in [0.1, 0.15) is 283 Å². The molecule has 0 saturated carbocycles. The summed E-state index contributed by atoms with van der Waals surface area (Å²) < 4.78 is 0. The predicted octanol–water partition coefficient (Wildman–Crippen LogP) is 20.5. The summed E-state index contributed by atoms with van der Waals surface area (Å²) in [5.74, 6) is 0. The van der Waals surface area contributed by atoms with Crippen molar-refractivity contribution in [1.29, 1.82) is 0 Å². The Morgan fingerprint density at radius 1 is 0.279 bits per heavy atom. The van der Waals surface area contributed by atoms with Gasteiger partial charge in [0.05, 0.1) is 22.8 Å². The molecule has 0 radical (unpaired) electrons. The number of aryl methyl sites for hydroxylation is 2. The molecule has 0 spiro atoms. The van der Waals surface area contributed by atoms with Gasteiger partial charge in [-0.05, 0) is 86.8 Å². The second kappa shape index (κ2) is 43.7. The second-order valence-corrected chi connectivity index (χ2v) is 18.8. The van der Waals surface area contributed by atoms with Crippen molar-refractivity contribution in [3.8, 4) is 0 Å². The van der Waals surface area contributed by atoms with E-state index in [9.17, 15) is 0 Å². The number of benzene rings is 2. The van der Waals surface area contributed by atoms with Crippen molar-refractivity contribution in [2.75, 3.05) is 0 Å². The summed E-state index contributed by atoms with van der Waals surface area (Å²) in [5, 5.41) is 0. The molecule has 2 aromatic carbocycles. The normalized spacial score (nSPS) is 12.0. The van der Waals surface area contributed by atoms with E-state index in [0.29, 0.717) is 0 Å². The van der Waals surface area contributed by atoms with Gasteiger partial charge in [0.1, 0.15) is 0 Å². The van der Waals surface area contributed by atoms with Crippen molar-refractivity contribution in [3.05, 3.63) is 59.7 Å². The van der Waals surface area contributed by atoms with Crippen LogP contribution in [0, 0.1) is 0 Å². The molecule has 0 N–H and O–H groups in total. The first-order valence-electron chi connectivity index (χ1n) is 27.0. The summed E-state index contributed by atoms with van der Waals surface area (Å²) in [6, 6.07) is 18.4. The van der Waals surface area contributed by atoms with Crippen LogP contribution in [-0.4, -0.2) is 11.4 Å². The molecule has 0 fully saturated rings. The van der Waals surface area contributed by atoms with Gasteiger partial charge in [0.15, 0.2) is 0 Å². The fraction of sp³-hybridized carbons (Fsp3) is 0.759. The maximum atomic E-state index is 5.36. The quantitative estimate of drug-likeness (QED) is 0.0360. The molecule has 0 aromatic heterocycles. The Morgan fingerprint density at radius 2 is 0.508 bits per heavy atom. The third-order valence-electron chi connectivity index (χ3n) is 12.9. The van der Waals surface area contributed by atoms with Crippen molar-refractivity contribution in [3.63, 3.8) is 0 Å². The first kappa shape index (κ1) is 57.5. The Morgan fingerprint density at radius 3 is 0.787 bits per heavy atom. The molecule has 2 rings (SSSR count). The average molecular weight is 932 g/mol. The van der Waals surface area contributed by atoms with Crippen LogP contribution >= 0.6 is 0 Å². The second-order valence-electron chi connectivity index (χ2n) is 18.8. The standard InChI is InChI=1S/C58H100N2.Pd/c1-5-9-13-16-19-21-23-25-27-29-31-33-35-38-41-53-45-49-55(50-46-53)59-57(43-12-8-4)58(44-40-37-18-15-11-7-3)60-56-51-47-54(48-52-56)42-39-36-34-32-30-28-26-24-22-20-17-14-10-6-2;/h45-52H,5-44H2,1-4H3;/b59-57+,60-58+;. The molecule has 0 saturated heterocycles. The van der Waals surface area contributed by atoms with E-state index in [2.05, 4.69) is 76.2 Å². The number of hydrogen-bond acceptors (Lipinski definition) is 2. The molecule has 3 heteroatoms. The molecule has 0 amide bonds. The van der Waals surface area contributed by atoms with E-state index in [-0.39, 0.29) is 20.4 Å². The predicted molar refractivity (Wildman–Crippen MR) is 273 cm³/mol. The number of aliphatic imine (C=N–C) groups is 2. The molecule has 2 aromatic rings. The van der Waals surface area contributed by atoms with Gasteiger partial charge >= 0.3 is 0 Å². The topological polar surface area (TPSA) is 24.7 Å². The SMILES string of the molecule is CCCCCCCCCCCCCCCCc1ccc(/N=C(CCCC)/C(CCCCCCCC)=N/c2ccc(CCCCCCCCCCCCCCCC)cc2)cc1.[Pd]. The number of hydrogen-bond donors (Lipinski definition) is 0. The third-order valence-corrected chi connectivity index (χ3v) is 12.9. The van der Waals surface area contributed by atoms with E-state index < -0.39 is 0 Å². The van der Waals surface area contributed by atoms with E-state index in [1.165, 1.54) is 260 Å². The van der Waals surface area contributed by atoms with Crippen LogP contribution in [0.15, 0.2) is 58.5 Å². The van der Waals surface area contributed by atoms with Gasteiger partial charge in [-0.3, -0.25) is 9.98 Å². The Hall–Kier alpha value is -1.56. The van der Waals surface area contributed by atoms with Gasteiger partial charge in [0, 0.05) is 20.4 Å². The first-order valence-corrected chi connectivity index (χ1v) is 27.0. The summed E-state index contributed by atoms with van der Waals surface area (Å²) in [6.45, 7) is 9.21. The van der Waals surface area contributed by atoms with Crippen LogP contribution in [0.3, 0.4) is 0 Å². The maximum absolute atomic E-state index is 5.36. The molecule has 0 bridgehead atoms. The van der Waals surface area contributed by atoms with Crippen LogP contribution in [0.25, 0.3) is 0 Å². The van der Waals surface area contributed by atoms with Crippen molar-refractivity contribution in [1.82, 2.24) is 0 Å². The van der Waals surface area contributed by atoms with Crippen LogP contribution < -0.4 is 0 Å². The molecule has 2 nitrogen and oxygen atoms in total. The van der Waals surface area contributed by atoms with Crippen LogP contribution in [-0.2, 0) is 33.3 Å². The van der Waals surface area contributed by atoms with Crippen molar-refractivity contribution < 1.29 is 20.4 Å². The Kier molecular flexibility index (Phi) is 41.1. The van der Waals surface area contributed by atoms with E-state index in [1.807, 2.05) is 0 Å². The molecule has 0 aliphatic rings. The minimum absolute atomic E-state index is 0. The molecule has 0 aliphatic carbocycles. The Bertz CT molecular complexity index is 1260. The van der Waals surface area contributed by atoms with Crippen LogP contribution in [0.2, 0.25) is 0 Å². The van der Waals surface area contributed by atoms with Gasteiger partial charge in [0.2, 0.25) is 0 Å². The number of nitrogens with zero attached hydrogens (tertiary/aromatic N) is 2. The summed E-state index contributed by atoms with van der Waals surface area (Å²) in [5.41, 5.74) is 7.51. The molecule has 0 aliphatic heterocycles. The van der Waals surface area contributed by atoms with E-state index in [4.69, 9.17) is 9.98 Å². The van der Waals surface area contributed by atoms with Gasteiger partial charge in [-0.1, -0.05) is 257 Å². The first-order chi connectivity index (χ1) is 29.7. The summed E-state index contributed by atoms with van der Waals surface area (Å²) >= 11 is 0. The number of unbranched alkanes of at least 4 members (excludes halogenated alkanes) is 32. The molecule has 61 heavy (non-hydrogen) atoms. The molecular formula is C58H100N2Pd. The minimum atomic E-state index is 0. The summed E-state index contributed by atoms with van der Waals surface area (Å²) in [6.07, 6.45) is 54.2. The smallest absolute Gasteiger partial charge is 0.0633 e. The molecular weight excluding hydrogens is 831 g/mol. The van der Waals surface area contributed by atoms with Gasteiger partial charge in [-0.25, -0.2) is 0 Å². The maximum Gasteiger partial charge on any atom is 0.0633 e. The monoisotopic (exact) mass is 931 g/mol. The minimum Gasteiger partial charge on any atom is -0.252 e. The molecule has 0 atom stereocenters. The average Bonchev–Trinajstić information content (AvgIpc) is 3.27. The van der Waals surface area contributed by atoms with Gasteiger partial charge in [-0.2, -0.15) is 0 Å². The Labute approximate surface area is 395 Å². The third kappa shape index (κ3) is 33.6. The van der Waals surface area contributed by atoms with E-state index in [1.54, 1.807) is 0 Å². The zero-order valence-electron chi connectivity index (χ0n) is 41.1. The Balaban J connectivity index is 0.0000186. The van der Waals surface area contributed by atoms with E-state index >= 15 is 0 Å². The summed E-state index contributed by atoms with van der Waals surface area (Å²) in [7, 11) is 0. The molecule has 0 unspecified atom stereocenters. The van der Waals surface area contributed by atoms with Crippen molar-refractivity contribution in [2.24, 2.45) is 9.98 Å². The molecule has 352 valence electrons. The fourth-order valence-electron chi connectivity index (χ4n) is 8.78. The van der Waals surface area contributed by atoms with Gasteiger partial charge < -0.3 is 0 Å². The zero-order chi connectivity index (χ0) is 42.8. The largest absolute Gasteiger partial charge is 0.252 e. The molecule has 0 heterocycles. The summed E-state index contributed by atoms with van der Waals surface area (Å²) in [4.78, 5) is 10.7. The van der Waals surface area contributed by atoms with Gasteiger partial charge in [0.25, 0.3) is 0 Å². The fourth-order valence-corrected chi connectivity index (χ4v) is 8.78. The van der Waals surface area contributed by atoms with Gasteiger partial charge in [-0.15, -0.1) is 0 Å². The van der Waals surface area contributed by atoms with Crippen LogP contribution in [0.4, 0.5) is 11.4 Å². The zero-order valence-corrected chi connectivity index (χ0v) is 42.7. The van der Waals surface area contributed by atoms with E-state index in [0.717, 1.165) is 30.6 Å².